The normalized spacial score (nSPS) is 17.6. The average molecular weight is 321 g/mol. The quantitative estimate of drug-likeness (QED) is 0.919. The minimum Gasteiger partial charge on any atom is -0.481 e. The number of nitrogens with one attached hydrogen (secondary N) is 1. The molecule has 5 nitrogen and oxygen atoms in total. The Morgan fingerprint density at radius 2 is 2.36 bits per heavy atom. The molecule has 1 aliphatic heterocycles. The lowest BCUT2D eigenvalue weighted by Crippen LogP contribution is -2.35. The first-order valence-electron chi connectivity index (χ1n) is 7.28. The fourth-order valence-electron chi connectivity index (χ4n) is 2.46. The van der Waals surface area contributed by atoms with Crippen LogP contribution in [0.2, 0.25) is 5.02 Å². The molecule has 3 rings (SSSR count). The lowest BCUT2D eigenvalue weighted by atomic mass is 10.2. The number of aromatic nitrogens is 1. The molecule has 1 aromatic carbocycles. The van der Waals surface area contributed by atoms with Crippen LogP contribution in [0.1, 0.15) is 12.8 Å². The van der Waals surface area contributed by atoms with Gasteiger partial charge in [0.2, 0.25) is 0 Å². The van der Waals surface area contributed by atoms with E-state index in [0.717, 1.165) is 24.8 Å². The van der Waals surface area contributed by atoms with E-state index in [9.17, 15) is 4.79 Å². The van der Waals surface area contributed by atoms with Gasteiger partial charge in [0.05, 0.1) is 11.1 Å². The maximum absolute atomic E-state index is 11.8. The number of fused-ring (bicyclic) bond motifs is 1. The van der Waals surface area contributed by atoms with Crippen molar-refractivity contribution < 1.29 is 14.3 Å². The molecule has 0 saturated carbocycles. The molecule has 22 heavy (non-hydrogen) atoms. The Balaban J connectivity index is 1.59. The van der Waals surface area contributed by atoms with E-state index in [1.807, 2.05) is 12.1 Å². The lowest BCUT2D eigenvalue weighted by molar-refractivity contribution is -0.123. The van der Waals surface area contributed by atoms with Gasteiger partial charge in [0.25, 0.3) is 5.91 Å². The number of carbonyl (C=O) groups is 1. The second-order valence-corrected chi connectivity index (χ2v) is 5.58. The van der Waals surface area contributed by atoms with Crippen LogP contribution in [0.25, 0.3) is 10.9 Å². The van der Waals surface area contributed by atoms with Crippen LogP contribution in [-0.4, -0.2) is 36.8 Å². The minimum absolute atomic E-state index is 0.0555. The summed E-state index contributed by atoms with van der Waals surface area (Å²) in [6.07, 6.45) is 3.84. The smallest absolute Gasteiger partial charge is 0.258 e. The van der Waals surface area contributed by atoms with Gasteiger partial charge < -0.3 is 14.8 Å². The third-order valence-corrected chi connectivity index (χ3v) is 3.92. The third kappa shape index (κ3) is 3.48. The molecular weight excluding hydrogens is 304 g/mol. The highest BCUT2D eigenvalue weighted by Crippen LogP contribution is 2.29. The molecule has 1 fully saturated rings. The van der Waals surface area contributed by atoms with Crippen LogP contribution in [0.3, 0.4) is 0 Å². The molecule has 116 valence electrons. The van der Waals surface area contributed by atoms with E-state index in [4.69, 9.17) is 21.1 Å². The molecule has 1 atom stereocenters. The molecule has 0 bridgehead atoms. The van der Waals surface area contributed by atoms with Gasteiger partial charge in [-0.3, -0.25) is 9.78 Å². The summed E-state index contributed by atoms with van der Waals surface area (Å²) in [5.41, 5.74) is 0.655. The van der Waals surface area contributed by atoms with Gasteiger partial charge in [0, 0.05) is 24.7 Å². The zero-order valence-electron chi connectivity index (χ0n) is 12.0. The Hall–Kier alpha value is -1.85. The van der Waals surface area contributed by atoms with E-state index in [0.29, 0.717) is 22.8 Å². The number of benzene rings is 1. The van der Waals surface area contributed by atoms with Crippen molar-refractivity contribution in [1.82, 2.24) is 10.3 Å². The number of amides is 1. The van der Waals surface area contributed by atoms with Crippen molar-refractivity contribution in [3.63, 3.8) is 0 Å². The topological polar surface area (TPSA) is 60.5 Å². The van der Waals surface area contributed by atoms with Gasteiger partial charge in [0.1, 0.15) is 11.3 Å². The van der Waals surface area contributed by atoms with Gasteiger partial charge in [0.15, 0.2) is 6.61 Å². The average Bonchev–Trinajstić information content (AvgIpc) is 3.06. The predicted octanol–water partition coefficient (Wildman–Crippen LogP) is 2.56. The lowest BCUT2D eigenvalue weighted by Gasteiger charge is -2.12. The van der Waals surface area contributed by atoms with Crippen LogP contribution in [0.4, 0.5) is 0 Å². The Morgan fingerprint density at radius 1 is 1.45 bits per heavy atom. The number of hydrogen-bond acceptors (Lipinski definition) is 4. The van der Waals surface area contributed by atoms with E-state index < -0.39 is 0 Å². The van der Waals surface area contributed by atoms with E-state index in [2.05, 4.69) is 10.3 Å². The van der Waals surface area contributed by atoms with Crippen LogP contribution >= 0.6 is 11.6 Å². The third-order valence-electron chi connectivity index (χ3n) is 3.59. The SMILES string of the molecule is O=C(COc1ccc(Cl)c2cccnc12)NC[C@H]1CCCO1. The van der Waals surface area contributed by atoms with E-state index >= 15 is 0 Å². The monoisotopic (exact) mass is 320 g/mol. The van der Waals surface area contributed by atoms with Gasteiger partial charge in [-0.15, -0.1) is 0 Å². The Kier molecular flexibility index (Phi) is 4.75. The number of halogens is 1. The summed E-state index contributed by atoms with van der Waals surface area (Å²) in [5.74, 6) is 0.377. The molecule has 1 amide bonds. The van der Waals surface area contributed by atoms with Crippen molar-refractivity contribution in [3.8, 4) is 5.75 Å². The maximum atomic E-state index is 11.8. The number of carbonyl (C=O) groups excluding carboxylic acids is 1. The number of pyridine rings is 1. The van der Waals surface area contributed by atoms with Crippen LogP contribution in [-0.2, 0) is 9.53 Å². The highest BCUT2D eigenvalue weighted by Gasteiger charge is 2.16. The van der Waals surface area contributed by atoms with Crippen LogP contribution in [0.15, 0.2) is 30.5 Å². The molecule has 0 aliphatic carbocycles. The van der Waals surface area contributed by atoms with Gasteiger partial charge in [-0.2, -0.15) is 0 Å². The van der Waals surface area contributed by atoms with Gasteiger partial charge >= 0.3 is 0 Å². The summed E-state index contributed by atoms with van der Waals surface area (Å²) in [6.45, 7) is 1.25. The standard InChI is InChI=1S/C16H17ClN2O3/c17-13-5-6-14(16-12(13)4-1-7-18-16)22-10-15(20)19-9-11-3-2-8-21-11/h1,4-7,11H,2-3,8-10H2,(H,19,20)/t11-/m1/s1. The predicted molar refractivity (Wildman–Crippen MR) is 84.2 cm³/mol. The number of ether oxygens (including phenoxy) is 2. The van der Waals surface area contributed by atoms with Gasteiger partial charge in [-0.1, -0.05) is 11.6 Å². The highest BCUT2D eigenvalue weighted by atomic mass is 35.5. The molecule has 0 unspecified atom stereocenters. The summed E-state index contributed by atoms with van der Waals surface area (Å²) in [4.78, 5) is 16.1. The molecule has 0 radical (unpaired) electrons. The Bertz CT molecular complexity index is 671. The zero-order valence-corrected chi connectivity index (χ0v) is 12.8. The first-order valence-corrected chi connectivity index (χ1v) is 7.66. The fourth-order valence-corrected chi connectivity index (χ4v) is 2.67. The molecule has 1 aromatic heterocycles. The second kappa shape index (κ2) is 6.94. The first kappa shape index (κ1) is 15.1. The Labute approximate surface area is 133 Å². The van der Waals surface area contributed by atoms with Gasteiger partial charge in [-0.05, 0) is 37.1 Å². The summed E-state index contributed by atoms with van der Waals surface area (Å²) in [6, 6.07) is 7.15. The van der Waals surface area contributed by atoms with Crippen molar-refractivity contribution in [2.24, 2.45) is 0 Å². The maximum Gasteiger partial charge on any atom is 0.258 e. The Morgan fingerprint density at radius 3 is 3.18 bits per heavy atom. The molecule has 1 aliphatic rings. The molecule has 1 N–H and O–H groups in total. The van der Waals surface area contributed by atoms with Crippen LogP contribution in [0, 0.1) is 0 Å². The molecular formula is C16H17ClN2O3. The molecule has 6 heteroatoms. The van der Waals surface area contributed by atoms with E-state index in [-0.39, 0.29) is 18.6 Å². The van der Waals surface area contributed by atoms with Crippen molar-refractivity contribution >= 4 is 28.4 Å². The van der Waals surface area contributed by atoms with Crippen molar-refractivity contribution in [2.45, 2.75) is 18.9 Å². The molecule has 1 saturated heterocycles. The fraction of sp³-hybridized carbons (Fsp3) is 0.375. The summed E-state index contributed by atoms with van der Waals surface area (Å²) in [7, 11) is 0. The second-order valence-electron chi connectivity index (χ2n) is 5.17. The summed E-state index contributed by atoms with van der Waals surface area (Å²) < 4.78 is 11.0. The van der Waals surface area contributed by atoms with Crippen LogP contribution < -0.4 is 10.1 Å². The highest BCUT2D eigenvalue weighted by molar-refractivity contribution is 6.35. The first-order chi connectivity index (χ1) is 10.7. The number of hydrogen-bond donors (Lipinski definition) is 1. The van der Waals surface area contributed by atoms with Crippen molar-refractivity contribution in [3.05, 3.63) is 35.5 Å². The summed E-state index contributed by atoms with van der Waals surface area (Å²) in [5, 5.41) is 4.24. The number of rotatable bonds is 5. The minimum atomic E-state index is -0.172. The van der Waals surface area contributed by atoms with Crippen LogP contribution in [0.5, 0.6) is 5.75 Å². The number of nitrogens with zero attached hydrogens (tertiary/aromatic N) is 1. The van der Waals surface area contributed by atoms with Crippen molar-refractivity contribution in [2.75, 3.05) is 19.8 Å². The van der Waals surface area contributed by atoms with E-state index in [1.54, 1.807) is 18.3 Å². The van der Waals surface area contributed by atoms with Gasteiger partial charge in [-0.25, -0.2) is 0 Å². The molecule has 2 aromatic rings. The van der Waals surface area contributed by atoms with E-state index in [1.165, 1.54) is 0 Å². The largest absolute Gasteiger partial charge is 0.481 e. The summed E-state index contributed by atoms with van der Waals surface area (Å²) >= 11 is 6.13. The zero-order chi connectivity index (χ0) is 15.4. The molecule has 0 spiro atoms. The molecule has 2 heterocycles. The van der Waals surface area contributed by atoms with Crippen molar-refractivity contribution in [1.29, 1.82) is 0 Å².